The molecular formula is C20H22ClN3O2. The zero-order valence-corrected chi connectivity index (χ0v) is 16.1. The fourth-order valence-corrected chi connectivity index (χ4v) is 3.57. The zero-order valence-electron chi connectivity index (χ0n) is 15.4. The lowest BCUT2D eigenvalue weighted by Gasteiger charge is -2.24. The summed E-state index contributed by atoms with van der Waals surface area (Å²) in [4.78, 5) is 18.7. The van der Waals surface area contributed by atoms with Gasteiger partial charge in [0.05, 0.1) is 34.9 Å². The number of nitrogens with zero attached hydrogens (tertiary/aromatic N) is 3. The maximum Gasteiger partial charge on any atom is 0.152 e. The number of rotatable bonds is 6. The molecule has 0 aliphatic rings. The largest absolute Gasteiger partial charge is 0.497 e. The molecule has 5 nitrogen and oxygen atoms in total. The Bertz CT molecular complexity index is 950. The van der Waals surface area contributed by atoms with Gasteiger partial charge in [0, 0.05) is 11.6 Å². The molecule has 1 aromatic heterocycles. The summed E-state index contributed by atoms with van der Waals surface area (Å²) in [6.07, 6.45) is 1.70. The number of carbonyl (C=O) groups is 1. The van der Waals surface area contributed by atoms with Gasteiger partial charge in [-0.1, -0.05) is 24.6 Å². The second-order valence-electron chi connectivity index (χ2n) is 6.34. The second-order valence-corrected chi connectivity index (χ2v) is 6.75. The first-order valence-corrected chi connectivity index (χ1v) is 8.86. The summed E-state index contributed by atoms with van der Waals surface area (Å²) in [6, 6.07) is 11.1. The van der Waals surface area contributed by atoms with Crippen molar-refractivity contribution in [3.63, 3.8) is 0 Å². The predicted octanol–water partition coefficient (Wildman–Crippen LogP) is 4.51. The number of hydrogen-bond donors (Lipinski definition) is 0. The van der Waals surface area contributed by atoms with Crippen LogP contribution in [0.3, 0.4) is 0 Å². The Morgan fingerprint density at radius 3 is 2.69 bits per heavy atom. The summed E-state index contributed by atoms with van der Waals surface area (Å²) >= 11 is 6.52. The first-order valence-electron chi connectivity index (χ1n) is 8.48. The van der Waals surface area contributed by atoms with Crippen molar-refractivity contribution in [2.45, 2.75) is 19.4 Å². The molecule has 6 heteroatoms. The molecule has 0 saturated carbocycles. The molecule has 136 valence electrons. The van der Waals surface area contributed by atoms with Gasteiger partial charge in [-0.15, -0.1) is 0 Å². The van der Waals surface area contributed by atoms with Crippen molar-refractivity contribution < 1.29 is 9.53 Å². The lowest BCUT2D eigenvalue weighted by molar-refractivity contribution is 0.112. The number of aldehydes is 1. The van der Waals surface area contributed by atoms with E-state index < -0.39 is 0 Å². The molecule has 3 aromatic rings. The van der Waals surface area contributed by atoms with Crippen molar-refractivity contribution in [2.75, 3.05) is 21.2 Å². The number of ether oxygens (including phenoxy) is 1. The Balaban J connectivity index is 2.43. The lowest BCUT2D eigenvalue weighted by Crippen LogP contribution is -2.23. The van der Waals surface area contributed by atoms with Gasteiger partial charge in [0.2, 0.25) is 0 Å². The van der Waals surface area contributed by atoms with Gasteiger partial charge in [-0.2, -0.15) is 0 Å². The fourth-order valence-electron chi connectivity index (χ4n) is 3.30. The smallest absolute Gasteiger partial charge is 0.152 e. The zero-order chi connectivity index (χ0) is 18.8. The van der Waals surface area contributed by atoms with Gasteiger partial charge in [-0.25, -0.2) is 4.98 Å². The van der Waals surface area contributed by atoms with E-state index in [9.17, 15) is 4.79 Å². The van der Waals surface area contributed by atoms with E-state index in [1.807, 2.05) is 36.9 Å². The molecule has 0 bridgehead atoms. The summed E-state index contributed by atoms with van der Waals surface area (Å²) in [7, 11) is 5.67. The van der Waals surface area contributed by atoms with E-state index in [1.54, 1.807) is 25.3 Å². The van der Waals surface area contributed by atoms with Crippen LogP contribution in [-0.2, 0) is 0 Å². The molecule has 0 aliphatic heterocycles. The second kappa shape index (κ2) is 7.48. The molecule has 0 fully saturated rings. The molecule has 2 aromatic carbocycles. The number of imidazole rings is 1. The highest BCUT2D eigenvalue weighted by atomic mass is 35.5. The standard InChI is InChI=1S/C20H22ClN3O2/c1-5-17(23(2)3)20-22-16-10-9-14(26-4)11-18(16)24(20)19-13(12-25)7-6-8-15(19)21/h6-12,17H,5H2,1-4H3. The van der Waals surface area contributed by atoms with Crippen LogP contribution in [0.2, 0.25) is 5.02 Å². The molecule has 3 rings (SSSR count). The molecule has 26 heavy (non-hydrogen) atoms. The third kappa shape index (κ3) is 3.08. The van der Waals surface area contributed by atoms with Crippen LogP contribution >= 0.6 is 11.6 Å². The third-order valence-electron chi connectivity index (χ3n) is 4.56. The van der Waals surface area contributed by atoms with E-state index in [0.717, 1.165) is 35.3 Å². The van der Waals surface area contributed by atoms with E-state index >= 15 is 0 Å². The topological polar surface area (TPSA) is 47.4 Å². The van der Waals surface area contributed by atoms with Gasteiger partial charge in [-0.05, 0) is 44.8 Å². The van der Waals surface area contributed by atoms with Crippen molar-refractivity contribution in [1.29, 1.82) is 0 Å². The highest BCUT2D eigenvalue weighted by Crippen LogP contribution is 2.34. The van der Waals surface area contributed by atoms with Crippen molar-refractivity contribution >= 4 is 28.9 Å². The monoisotopic (exact) mass is 371 g/mol. The van der Waals surface area contributed by atoms with E-state index in [4.69, 9.17) is 21.3 Å². The Labute approximate surface area is 158 Å². The SMILES string of the molecule is CCC(c1nc2ccc(OC)cc2n1-c1c(Cl)cccc1C=O)N(C)C. The van der Waals surface area contributed by atoms with Crippen molar-refractivity contribution in [2.24, 2.45) is 0 Å². The molecule has 1 atom stereocenters. The molecule has 1 unspecified atom stereocenters. The van der Waals surface area contributed by atoms with Gasteiger partial charge >= 0.3 is 0 Å². The van der Waals surface area contributed by atoms with Crippen LogP contribution in [0, 0.1) is 0 Å². The molecule has 1 heterocycles. The summed E-state index contributed by atoms with van der Waals surface area (Å²) < 4.78 is 7.37. The molecule has 0 amide bonds. The van der Waals surface area contributed by atoms with Gasteiger partial charge < -0.3 is 4.74 Å². The number of carbonyl (C=O) groups excluding carboxylic acids is 1. The van der Waals surface area contributed by atoms with E-state index in [0.29, 0.717) is 16.3 Å². The Kier molecular flexibility index (Phi) is 5.30. The van der Waals surface area contributed by atoms with Crippen LogP contribution in [0.4, 0.5) is 0 Å². The van der Waals surface area contributed by atoms with Crippen molar-refractivity contribution in [3.8, 4) is 11.4 Å². The van der Waals surface area contributed by atoms with Gasteiger partial charge in [-0.3, -0.25) is 14.3 Å². The van der Waals surface area contributed by atoms with Crippen LogP contribution in [0.25, 0.3) is 16.7 Å². The van der Waals surface area contributed by atoms with Crippen LogP contribution in [0.5, 0.6) is 5.75 Å². The molecule has 0 aliphatic carbocycles. The van der Waals surface area contributed by atoms with Gasteiger partial charge in [0.1, 0.15) is 11.6 Å². The third-order valence-corrected chi connectivity index (χ3v) is 4.87. The average molecular weight is 372 g/mol. The quantitative estimate of drug-likeness (QED) is 0.598. The minimum absolute atomic E-state index is 0.0733. The maximum atomic E-state index is 11.7. The summed E-state index contributed by atoms with van der Waals surface area (Å²) in [5.41, 5.74) is 2.86. The first-order chi connectivity index (χ1) is 12.5. The maximum absolute atomic E-state index is 11.7. The number of methoxy groups -OCH3 is 1. The highest BCUT2D eigenvalue weighted by molar-refractivity contribution is 6.33. The number of hydrogen-bond acceptors (Lipinski definition) is 4. The Morgan fingerprint density at radius 1 is 1.31 bits per heavy atom. The van der Waals surface area contributed by atoms with E-state index in [-0.39, 0.29) is 6.04 Å². The van der Waals surface area contributed by atoms with Gasteiger partial charge in [0.15, 0.2) is 6.29 Å². The van der Waals surface area contributed by atoms with E-state index in [1.165, 1.54) is 0 Å². The fraction of sp³-hybridized carbons (Fsp3) is 0.300. The van der Waals surface area contributed by atoms with Gasteiger partial charge in [0.25, 0.3) is 0 Å². The Morgan fingerprint density at radius 2 is 2.08 bits per heavy atom. The summed E-state index contributed by atoms with van der Waals surface area (Å²) in [5, 5.41) is 0.506. The molecule has 0 spiro atoms. The van der Waals surface area contributed by atoms with E-state index in [2.05, 4.69) is 11.8 Å². The average Bonchev–Trinajstić information content (AvgIpc) is 2.99. The number of para-hydroxylation sites is 1. The molecular weight excluding hydrogens is 350 g/mol. The van der Waals surface area contributed by atoms with Crippen LogP contribution in [-0.4, -0.2) is 41.9 Å². The van der Waals surface area contributed by atoms with Crippen molar-refractivity contribution in [1.82, 2.24) is 14.5 Å². The van der Waals surface area contributed by atoms with Crippen molar-refractivity contribution in [3.05, 3.63) is 52.8 Å². The minimum atomic E-state index is 0.0733. The first kappa shape index (κ1) is 18.4. The number of halogens is 1. The lowest BCUT2D eigenvalue weighted by atomic mass is 10.1. The van der Waals surface area contributed by atoms with Crippen LogP contribution in [0.1, 0.15) is 35.6 Å². The number of fused-ring (bicyclic) bond motifs is 1. The minimum Gasteiger partial charge on any atom is -0.497 e. The predicted molar refractivity (Wildman–Crippen MR) is 105 cm³/mol. The summed E-state index contributed by atoms with van der Waals surface area (Å²) in [6.45, 7) is 2.11. The molecule has 0 radical (unpaired) electrons. The Hall–Kier alpha value is -2.37. The number of aromatic nitrogens is 2. The molecule has 0 saturated heterocycles. The van der Waals surface area contributed by atoms with Crippen LogP contribution < -0.4 is 4.74 Å². The van der Waals surface area contributed by atoms with Crippen LogP contribution in [0.15, 0.2) is 36.4 Å². The summed E-state index contributed by atoms with van der Waals surface area (Å²) in [5.74, 6) is 1.57. The highest BCUT2D eigenvalue weighted by Gasteiger charge is 2.24. The normalized spacial score (nSPS) is 12.5. The molecule has 0 N–H and O–H groups in total. The number of benzene rings is 2.